The molecule has 0 fully saturated rings. The van der Waals surface area contributed by atoms with E-state index in [1.54, 1.807) is 34.3 Å². The normalized spacial score (nSPS) is 24.8. The highest BCUT2D eigenvalue weighted by Gasteiger charge is 2.42. The lowest BCUT2D eigenvalue weighted by Crippen LogP contribution is -2.51. The first-order valence-electron chi connectivity index (χ1n) is 24.6. The van der Waals surface area contributed by atoms with Gasteiger partial charge in [-0.1, -0.05) is 139 Å². The molecule has 4 rings (SSSR count). The first kappa shape index (κ1) is 55.7. The summed E-state index contributed by atoms with van der Waals surface area (Å²) in [6.07, 6.45) is 10.9. The highest BCUT2D eigenvalue weighted by Crippen LogP contribution is 2.30. The van der Waals surface area contributed by atoms with Gasteiger partial charge in [-0.05, 0) is 91.8 Å². The molecule has 1 N–H and O–H groups in total. The second kappa shape index (κ2) is 29.8. The summed E-state index contributed by atoms with van der Waals surface area (Å²) in [7, 11) is 4.81. The second-order valence-electron chi connectivity index (χ2n) is 18.5. The molecule has 0 bridgehead atoms. The van der Waals surface area contributed by atoms with Crippen LogP contribution in [0.5, 0.6) is 17.2 Å². The molecule has 1 heterocycles. The maximum Gasteiger partial charge on any atom is 0.338 e. The van der Waals surface area contributed by atoms with Gasteiger partial charge in [0.25, 0.3) is 0 Å². The predicted molar refractivity (Wildman–Crippen MR) is 268 cm³/mol. The molecule has 11 heteroatoms. The number of methoxy groups -OCH3 is 3. The summed E-state index contributed by atoms with van der Waals surface area (Å²) in [4.78, 5) is 29.6. The van der Waals surface area contributed by atoms with Gasteiger partial charge in [0.05, 0.1) is 53.9 Å². The molecule has 374 valence electrons. The van der Waals surface area contributed by atoms with Crippen molar-refractivity contribution in [3.63, 3.8) is 0 Å². The fourth-order valence-corrected chi connectivity index (χ4v) is 8.63. The van der Waals surface area contributed by atoms with Crippen molar-refractivity contribution in [3.05, 3.63) is 124 Å². The molecule has 0 saturated carbocycles. The van der Waals surface area contributed by atoms with E-state index in [-0.39, 0.29) is 43.8 Å². The molecular weight excluding hydrogens is 861 g/mol. The first-order valence-corrected chi connectivity index (χ1v) is 24.6. The fourth-order valence-electron chi connectivity index (χ4n) is 8.63. The molecule has 8 atom stereocenters. The van der Waals surface area contributed by atoms with Crippen LogP contribution in [0, 0.1) is 17.8 Å². The maximum absolute atomic E-state index is 15.3. The number of benzene rings is 3. The maximum atomic E-state index is 15.3. The van der Waals surface area contributed by atoms with Crippen molar-refractivity contribution in [2.75, 3.05) is 27.9 Å². The Balaban J connectivity index is 1.83. The monoisotopic (exact) mass is 941 g/mol. The number of carbonyl (C=O) groups excluding carboxylic acids is 2. The summed E-state index contributed by atoms with van der Waals surface area (Å²) in [5.74, 6) is 0.0767. The molecule has 68 heavy (non-hydrogen) atoms. The van der Waals surface area contributed by atoms with Gasteiger partial charge < -0.3 is 43.0 Å². The highest BCUT2D eigenvalue weighted by molar-refractivity contribution is 5.88. The lowest BCUT2D eigenvalue weighted by molar-refractivity contribution is -0.199. The number of unbranched alkanes of at least 4 members (excludes halogenated alkanes) is 7. The Labute approximate surface area is 407 Å². The Morgan fingerprint density at radius 3 is 1.66 bits per heavy atom. The zero-order valence-corrected chi connectivity index (χ0v) is 42.5. The molecule has 1 aliphatic heterocycles. The van der Waals surface area contributed by atoms with E-state index >= 15 is 4.79 Å². The van der Waals surface area contributed by atoms with Crippen LogP contribution in [0.4, 0.5) is 0 Å². The van der Waals surface area contributed by atoms with E-state index in [9.17, 15) is 9.90 Å². The van der Waals surface area contributed by atoms with Gasteiger partial charge >= 0.3 is 11.9 Å². The zero-order chi connectivity index (χ0) is 49.4. The number of carbonyl (C=O) groups is 2. The SMILES string of the molecule is CCCCCCCCCC[C@H](C)[C@H]1OC(=O)[C@@H](OCc2ccc(OC)cc2)[C@H](OCc2ccc(OC)cc2)[C@@H](COCc2ccc(OC)cc2)OC(=O)/C(C)=C/[C@@H](C)[C@@H](O)/C(C)=C/C(C)=C/[C@@H]1C. The number of hydrogen-bond donors (Lipinski definition) is 1. The van der Waals surface area contributed by atoms with Gasteiger partial charge in [0.2, 0.25) is 0 Å². The van der Waals surface area contributed by atoms with Crippen LogP contribution in [0.1, 0.15) is 123 Å². The summed E-state index contributed by atoms with van der Waals surface area (Å²) < 4.78 is 49.1. The molecule has 3 aromatic carbocycles. The third kappa shape index (κ3) is 18.5. The van der Waals surface area contributed by atoms with Gasteiger partial charge in [0.1, 0.15) is 29.5 Å². The number of cyclic esters (lactones) is 2. The van der Waals surface area contributed by atoms with Gasteiger partial charge in [-0.2, -0.15) is 0 Å². The second-order valence-corrected chi connectivity index (χ2v) is 18.5. The number of aliphatic hydroxyl groups is 1. The van der Waals surface area contributed by atoms with E-state index < -0.39 is 48.4 Å². The predicted octanol–water partition coefficient (Wildman–Crippen LogP) is 11.9. The van der Waals surface area contributed by atoms with Crippen molar-refractivity contribution in [3.8, 4) is 17.2 Å². The van der Waals surface area contributed by atoms with Crippen molar-refractivity contribution in [1.29, 1.82) is 0 Å². The van der Waals surface area contributed by atoms with Crippen molar-refractivity contribution in [2.24, 2.45) is 17.8 Å². The zero-order valence-electron chi connectivity index (χ0n) is 42.5. The van der Waals surface area contributed by atoms with Crippen LogP contribution < -0.4 is 14.2 Å². The van der Waals surface area contributed by atoms with E-state index in [0.717, 1.165) is 47.1 Å². The largest absolute Gasteiger partial charge is 0.497 e. The molecule has 3 aromatic rings. The fraction of sp³-hybridized carbons (Fsp3) is 0.544. The lowest BCUT2D eigenvalue weighted by Gasteiger charge is -2.35. The van der Waals surface area contributed by atoms with Crippen LogP contribution in [-0.4, -0.2) is 75.5 Å². The Morgan fingerprint density at radius 1 is 0.632 bits per heavy atom. The highest BCUT2D eigenvalue weighted by atomic mass is 16.6. The molecule has 0 spiro atoms. The van der Waals surface area contributed by atoms with Gasteiger partial charge in [-0.3, -0.25) is 0 Å². The van der Waals surface area contributed by atoms with Crippen LogP contribution in [0.15, 0.2) is 108 Å². The molecule has 0 unspecified atom stereocenters. The van der Waals surface area contributed by atoms with E-state index in [4.69, 9.17) is 37.9 Å². The third-order valence-electron chi connectivity index (χ3n) is 12.7. The molecule has 0 amide bonds. The summed E-state index contributed by atoms with van der Waals surface area (Å²) in [6.45, 7) is 13.9. The number of hydrogen-bond acceptors (Lipinski definition) is 11. The molecular formula is C57H80O11. The van der Waals surface area contributed by atoms with Crippen molar-refractivity contribution < 1.29 is 52.6 Å². The van der Waals surface area contributed by atoms with Crippen LogP contribution >= 0.6 is 0 Å². The van der Waals surface area contributed by atoms with Gasteiger partial charge in [-0.15, -0.1) is 0 Å². The van der Waals surface area contributed by atoms with Crippen LogP contribution in [0.2, 0.25) is 0 Å². The van der Waals surface area contributed by atoms with Crippen molar-refractivity contribution >= 4 is 11.9 Å². The number of aliphatic hydroxyl groups excluding tert-OH is 1. The van der Waals surface area contributed by atoms with Crippen molar-refractivity contribution in [1.82, 2.24) is 0 Å². The Bertz CT molecular complexity index is 2020. The van der Waals surface area contributed by atoms with E-state index in [2.05, 4.69) is 26.8 Å². The average Bonchev–Trinajstić information content (AvgIpc) is 3.34. The molecule has 0 radical (unpaired) electrons. The molecule has 0 aliphatic carbocycles. The number of rotatable bonds is 23. The summed E-state index contributed by atoms with van der Waals surface area (Å²) in [5.41, 5.74) is 4.36. The van der Waals surface area contributed by atoms with E-state index in [1.807, 2.05) is 99.6 Å². The first-order chi connectivity index (χ1) is 32.8. The topological polar surface area (TPSA) is 128 Å². The summed E-state index contributed by atoms with van der Waals surface area (Å²) in [6, 6.07) is 22.3. The smallest absolute Gasteiger partial charge is 0.338 e. The number of ether oxygens (including phenoxy) is 8. The number of esters is 2. The third-order valence-corrected chi connectivity index (χ3v) is 12.7. The Hall–Kier alpha value is -4.94. The minimum atomic E-state index is -1.39. The number of allylic oxidation sites excluding steroid dienone is 2. The quantitative estimate of drug-likeness (QED) is 0.0721. The lowest BCUT2D eigenvalue weighted by atomic mass is 9.87. The van der Waals surface area contributed by atoms with Crippen molar-refractivity contribution in [2.45, 2.75) is 157 Å². The minimum absolute atomic E-state index is 0.00494. The molecule has 0 aromatic heterocycles. The summed E-state index contributed by atoms with van der Waals surface area (Å²) in [5, 5.41) is 11.5. The average molecular weight is 941 g/mol. The molecule has 1 aliphatic rings. The minimum Gasteiger partial charge on any atom is -0.497 e. The standard InChI is InChI=1S/C57H80O11/c1-11-12-13-14-15-16-17-18-19-40(3)53-43(6)33-39(2)32-41(4)52(58)42(5)34-44(7)56(59)67-51(38-64-35-45-20-26-48(61-8)27-21-45)54(65-36-46-22-28-49(62-9)29-23-46)55(57(60)68-53)66-37-47-24-30-50(63-10)31-25-47/h20-34,40,42-43,51-55,58H,11-19,35-38H2,1-10H3/b39-33+,41-32+,44-34+/t40-,42+,43-,51+,52-,53+,54+,55-/m0/s1. The van der Waals surface area contributed by atoms with Gasteiger partial charge in [0, 0.05) is 17.4 Å². The van der Waals surface area contributed by atoms with Gasteiger partial charge in [-0.25, -0.2) is 9.59 Å². The van der Waals surface area contributed by atoms with E-state index in [1.165, 1.54) is 38.5 Å². The summed E-state index contributed by atoms with van der Waals surface area (Å²) >= 11 is 0. The van der Waals surface area contributed by atoms with Gasteiger partial charge in [0.15, 0.2) is 12.2 Å². The van der Waals surface area contributed by atoms with Crippen LogP contribution in [0.25, 0.3) is 0 Å². The molecule has 0 saturated heterocycles. The van der Waals surface area contributed by atoms with Crippen LogP contribution in [-0.2, 0) is 53.1 Å². The molecule has 11 nitrogen and oxygen atoms in total. The Kier molecular flexibility index (Phi) is 24.4. The Morgan fingerprint density at radius 2 is 1.13 bits per heavy atom. The van der Waals surface area contributed by atoms with E-state index in [0.29, 0.717) is 17.2 Å². The van der Waals surface area contributed by atoms with Crippen LogP contribution in [0.3, 0.4) is 0 Å².